The van der Waals surface area contributed by atoms with Crippen LogP contribution in [0, 0.1) is 18.4 Å². The molecular weight excluding hydrogens is 193 g/mol. The molecule has 0 unspecified atom stereocenters. The zero-order valence-electron chi connectivity index (χ0n) is 7.31. The molecule has 5 heteroatoms. The highest BCUT2D eigenvalue weighted by molar-refractivity contribution is 5.51. The number of nitriles is 1. The molecule has 0 spiro atoms. The van der Waals surface area contributed by atoms with Gasteiger partial charge in [0.25, 0.3) is 0 Å². The molecule has 74 valence electrons. The van der Waals surface area contributed by atoms with Crippen molar-refractivity contribution in [2.75, 3.05) is 5.32 Å². The van der Waals surface area contributed by atoms with Crippen molar-refractivity contribution in [3.05, 3.63) is 29.3 Å². The average molecular weight is 200 g/mol. The van der Waals surface area contributed by atoms with Gasteiger partial charge in [0.05, 0.1) is 5.56 Å². The molecule has 0 fully saturated rings. The van der Waals surface area contributed by atoms with Crippen molar-refractivity contribution in [3.63, 3.8) is 0 Å². The van der Waals surface area contributed by atoms with Gasteiger partial charge in [-0.2, -0.15) is 18.4 Å². The Morgan fingerprint density at radius 1 is 1.36 bits per heavy atom. The summed E-state index contributed by atoms with van der Waals surface area (Å²) < 4.78 is 37.1. The van der Waals surface area contributed by atoms with E-state index in [0.29, 0.717) is 0 Å². The average Bonchev–Trinajstić information content (AvgIpc) is 2.07. The van der Waals surface area contributed by atoms with Crippen LogP contribution in [0.25, 0.3) is 0 Å². The Morgan fingerprint density at radius 3 is 2.50 bits per heavy atom. The van der Waals surface area contributed by atoms with E-state index < -0.39 is 11.7 Å². The molecule has 0 atom stereocenters. The van der Waals surface area contributed by atoms with E-state index >= 15 is 0 Å². The van der Waals surface area contributed by atoms with Crippen molar-refractivity contribution in [1.29, 1.82) is 5.26 Å². The molecule has 0 heterocycles. The molecule has 1 rings (SSSR count). The lowest BCUT2D eigenvalue weighted by Gasteiger charge is -2.10. The molecule has 0 amide bonds. The van der Waals surface area contributed by atoms with Crippen LogP contribution in [0.2, 0.25) is 0 Å². The molecule has 1 N–H and O–H groups in total. The molecule has 2 nitrogen and oxygen atoms in total. The molecule has 14 heavy (non-hydrogen) atoms. The first-order chi connectivity index (χ1) is 6.45. The normalized spacial score (nSPS) is 10.8. The number of hydrogen-bond acceptors (Lipinski definition) is 2. The quantitative estimate of drug-likeness (QED) is 0.558. The first-order valence-electron chi connectivity index (χ1n) is 3.78. The van der Waals surface area contributed by atoms with Gasteiger partial charge < -0.3 is 0 Å². The second-order valence-corrected chi connectivity index (χ2v) is 2.76. The molecule has 1 aromatic rings. The van der Waals surface area contributed by atoms with Crippen molar-refractivity contribution in [3.8, 4) is 6.19 Å². The molecule has 0 bridgehead atoms. The standard InChI is InChI=1S/C9H7F3N2/c1-6-2-3-7(14-5-13)4-8(6)9(10,11)12/h2-4,14H,1H3. The number of nitrogens with zero attached hydrogens (tertiary/aromatic N) is 1. The zero-order valence-corrected chi connectivity index (χ0v) is 7.31. The van der Waals surface area contributed by atoms with Gasteiger partial charge in [0.2, 0.25) is 0 Å². The minimum atomic E-state index is -4.38. The summed E-state index contributed by atoms with van der Waals surface area (Å²) in [6.45, 7) is 1.37. The smallest absolute Gasteiger partial charge is 0.293 e. The first kappa shape index (κ1) is 10.4. The van der Waals surface area contributed by atoms with E-state index in [9.17, 15) is 13.2 Å². The van der Waals surface area contributed by atoms with E-state index in [-0.39, 0.29) is 11.3 Å². The topological polar surface area (TPSA) is 35.8 Å². The highest BCUT2D eigenvalue weighted by Crippen LogP contribution is 2.33. The number of rotatable bonds is 1. The maximum atomic E-state index is 12.4. The fourth-order valence-corrected chi connectivity index (χ4v) is 1.07. The Kier molecular flexibility index (Phi) is 2.65. The second-order valence-electron chi connectivity index (χ2n) is 2.76. The van der Waals surface area contributed by atoms with Gasteiger partial charge in [-0.1, -0.05) is 6.07 Å². The zero-order chi connectivity index (χ0) is 10.8. The summed E-state index contributed by atoms with van der Waals surface area (Å²) in [7, 11) is 0. The van der Waals surface area contributed by atoms with Crippen LogP contribution in [0.15, 0.2) is 18.2 Å². The Hall–Kier alpha value is -1.70. The van der Waals surface area contributed by atoms with Crippen LogP contribution in [0.5, 0.6) is 0 Å². The Morgan fingerprint density at radius 2 is 2.00 bits per heavy atom. The lowest BCUT2D eigenvalue weighted by atomic mass is 10.1. The fraction of sp³-hybridized carbons (Fsp3) is 0.222. The third-order valence-corrected chi connectivity index (χ3v) is 1.74. The predicted octanol–water partition coefficient (Wildman–Crippen LogP) is 2.91. The molecule has 0 aromatic heterocycles. The van der Waals surface area contributed by atoms with Crippen molar-refractivity contribution < 1.29 is 13.2 Å². The monoisotopic (exact) mass is 200 g/mol. The molecular formula is C9H7F3N2. The largest absolute Gasteiger partial charge is 0.416 e. The van der Waals surface area contributed by atoms with Crippen LogP contribution < -0.4 is 5.32 Å². The maximum absolute atomic E-state index is 12.4. The summed E-state index contributed by atoms with van der Waals surface area (Å²) in [5, 5.41) is 10.4. The van der Waals surface area contributed by atoms with E-state index in [1.807, 2.05) is 0 Å². The minimum absolute atomic E-state index is 0.140. The first-order valence-corrected chi connectivity index (χ1v) is 3.78. The summed E-state index contributed by atoms with van der Waals surface area (Å²) in [5.74, 6) is 0. The van der Waals surface area contributed by atoms with Gasteiger partial charge in [-0.3, -0.25) is 5.32 Å². The fourth-order valence-electron chi connectivity index (χ4n) is 1.07. The number of alkyl halides is 3. The summed E-state index contributed by atoms with van der Waals surface area (Å²) >= 11 is 0. The van der Waals surface area contributed by atoms with Crippen molar-refractivity contribution >= 4 is 5.69 Å². The van der Waals surface area contributed by atoms with Crippen LogP contribution in [0.3, 0.4) is 0 Å². The van der Waals surface area contributed by atoms with Crippen LogP contribution in [-0.2, 0) is 6.18 Å². The summed E-state index contributed by atoms with van der Waals surface area (Å²) in [4.78, 5) is 0. The number of anilines is 1. The summed E-state index contributed by atoms with van der Waals surface area (Å²) in [6.07, 6.45) is -2.81. The van der Waals surface area contributed by atoms with E-state index in [2.05, 4.69) is 5.32 Å². The molecule has 0 saturated carbocycles. The van der Waals surface area contributed by atoms with Gasteiger partial charge in [-0.15, -0.1) is 0 Å². The van der Waals surface area contributed by atoms with E-state index in [0.717, 1.165) is 6.07 Å². The number of benzene rings is 1. The third-order valence-electron chi connectivity index (χ3n) is 1.74. The molecule has 0 aliphatic rings. The molecule has 0 radical (unpaired) electrons. The van der Waals surface area contributed by atoms with Gasteiger partial charge in [0, 0.05) is 5.69 Å². The van der Waals surface area contributed by atoms with E-state index in [1.165, 1.54) is 19.1 Å². The minimum Gasteiger partial charge on any atom is -0.293 e. The second kappa shape index (κ2) is 3.58. The van der Waals surface area contributed by atoms with Crippen molar-refractivity contribution in [2.45, 2.75) is 13.1 Å². The Bertz CT molecular complexity index is 377. The van der Waals surface area contributed by atoms with Crippen molar-refractivity contribution in [1.82, 2.24) is 0 Å². The van der Waals surface area contributed by atoms with Crippen LogP contribution >= 0.6 is 0 Å². The van der Waals surface area contributed by atoms with E-state index in [1.54, 1.807) is 6.19 Å². The number of nitrogens with one attached hydrogen (secondary N) is 1. The number of hydrogen-bond donors (Lipinski definition) is 1. The van der Waals surface area contributed by atoms with Gasteiger partial charge in [0.15, 0.2) is 6.19 Å². The van der Waals surface area contributed by atoms with Crippen LogP contribution in [0.1, 0.15) is 11.1 Å². The molecule has 0 saturated heterocycles. The highest BCUT2D eigenvalue weighted by Gasteiger charge is 2.32. The lowest BCUT2D eigenvalue weighted by Crippen LogP contribution is -2.07. The Labute approximate surface area is 79.0 Å². The van der Waals surface area contributed by atoms with Gasteiger partial charge in [-0.25, -0.2) is 0 Å². The Balaban J connectivity index is 3.17. The molecule has 1 aromatic carbocycles. The van der Waals surface area contributed by atoms with Crippen LogP contribution in [0.4, 0.5) is 18.9 Å². The summed E-state index contributed by atoms with van der Waals surface area (Å²) in [5.41, 5.74) is -0.441. The number of aryl methyl sites for hydroxylation is 1. The van der Waals surface area contributed by atoms with Crippen LogP contribution in [-0.4, -0.2) is 0 Å². The summed E-state index contributed by atoms with van der Waals surface area (Å²) in [6, 6.07) is 3.66. The van der Waals surface area contributed by atoms with E-state index in [4.69, 9.17) is 5.26 Å². The molecule has 0 aliphatic carbocycles. The van der Waals surface area contributed by atoms with Gasteiger partial charge in [-0.05, 0) is 24.6 Å². The third kappa shape index (κ3) is 2.16. The van der Waals surface area contributed by atoms with Gasteiger partial charge in [0.1, 0.15) is 0 Å². The SMILES string of the molecule is Cc1ccc(NC#N)cc1C(F)(F)F. The lowest BCUT2D eigenvalue weighted by molar-refractivity contribution is -0.138. The van der Waals surface area contributed by atoms with Gasteiger partial charge >= 0.3 is 6.18 Å². The number of halogens is 3. The predicted molar refractivity (Wildman–Crippen MR) is 45.4 cm³/mol. The maximum Gasteiger partial charge on any atom is 0.416 e. The van der Waals surface area contributed by atoms with Crippen molar-refractivity contribution in [2.24, 2.45) is 0 Å². The molecule has 0 aliphatic heterocycles. The highest BCUT2D eigenvalue weighted by atomic mass is 19.4.